The molecule has 3 nitrogen and oxygen atoms in total. The Balaban J connectivity index is 2.29. The number of rotatable bonds is 3. The first-order valence-corrected chi connectivity index (χ1v) is 5.58. The Hall–Kier alpha value is -0.220. The first-order chi connectivity index (χ1) is 5.99. The van der Waals surface area contributed by atoms with Crippen LogP contribution in [0.4, 0.5) is 0 Å². The molecule has 0 aromatic rings. The van der Waals surface area contributed by atoms with Crippen molar-refractivity contribution in [3.05, 3.63) is 0 Å². The summed E-state index contributed by atoms with van der Waals surface area (Å²) in [5.74, 6) is 1.12. The lowest BCUT2D eigenvalue weighted by molar-refractivity contribution is 0.420. The monoisotopic (exact) mass is 201 g/mol. The van der Waals surface area contributed by atoms with Gasteiger partial charge in [-0.05, 0) is 27.9 Å². The van der Waals surface area contributed by atoms with E-state index in [2.05, 4.69) is 43.2 Å². The molecule has 1 rings (SSSR count). The van der Waals surface area contributed by atoms with Crippen molar-refractivity contribution < 1.29 is 0 Å². The summed E-state index contributed by atoms with van der Waals surface area (Å²) in [6.45, 7) is 6.31. The highest BCUT2D eigenvalue weighted by atomic mass is 32.2. The summed E-state index contributed by atoms with van der Waals surface area (Å²) in [6, 6.07) is 0. The van der Waals surface area contributed by atoms with Gasteiger partial charge in [-0.25, -0.2) is 0 Å². The van der Waals surface area contributed by atoms with E-state index in [1.165, 1.54) is 0 Å². The van der Waals surface area contributed by atoms with Crippen LogP contribution in [0.1, 0.15) is 13.8 Å². The molecule has 1 aliphatic rings. The van der Waals surface area contributed by atoms with Crippen molar-refractivity contribution in [2.45, 2.75) is 19.4 Å². The molecule has 0 radical (unpaired) electrons. The third-order valence-corrected chi connectivity index (χ3v) is 3.19. The molecule has 1 saturated heterocycles. The normalized spacial score (nSPS) is 23.9. The van der Waals surface area contributed by atoms with Gasteiger partial charge in [-0.2, -0.15) is 0 Å². The van der Waals surface area contributed by atoms with Crippen LogP contribution in [0.2, 0.25) is 0 Å². The minimum absolute atomic E-state index is 0.224. The van der Waals surface area contributed by atoms with E-state index in [0.717, 1.165) is 24.0 Å². The Morgan fingerprint density at radius 2 is 2.23 bits per heavy atom. The van der Waals surface area contributed by atoms with Crippen LogP contribution in [0, 0.1) is 0 Å². The molecule has 13 heavy (non-hydrogen) atoms. The van der Waals surface area contributed by atoms with E-state index in [-0.39, 0.29) is 5.54 Å². The van der Waals surface area contributed by atoms with Crippen LogP contribution < -0.4 is 5.32 Å². The average Bonchev–Trinajstić information content (AvgIpc) is 2.29. The summed E-state index contributed by atoms with van der Waals surface area (Å²) in [4.78, 5) is 6.63. The molecule has 0 aromatic carbocycles. The van der Waals surface area contributed by atoms with E-state index in [0.29, 0.717) is 0 Å². The maximum Gasteiger partial charge on any atom is 0.157 e. The van der Waals surface area contributed by atoms with Crippen molar-refractivity contribution in [2.24, 2.45) is 4.99 Å². The molecule has 1 fully saturated rings. The zero-order chi connectivity index (χ0) is 9.90. The fraction of sp³-hybridized carbons (Fsp3) is 0.889. The quantitative estimate of drug-likeness (QED) is 0.739. The fourth-order valence-corrected chi connectivity index (χ4v) is 2.15. The van der Waals surface area contributed by atoms with Gasteiger partial charge in [0.25, 0.3) is 0 Å². The average molecular weight is 201 g/mol. The van der Waals surface area contributed by atoms with Gasteiger partial charge in [-0.15, -0.1) is 0 Å². The third kappa shape index (κ3) is 4.00. The zero-order valence-electron chi connectivity index (χ0n) is 8.92. The second-order valence-electron chi connectivity index (χ2n) is 4.29. The van der Waals surface area contributed by atoms with Crippen molar-refractivity contribution >= 4 is 16.9 Å². The summed E-state index contributed by atoms with van der Waals surface area (Å²) >= 11 is 1.82. The smallest absolute Gasteiger partial charge is 0.157 e. The van der Waals surface area contributed by atoms with Gasteiger partial charge in [0.05, 0.1) is 6.54 Å². The highest BCUT2D eigenvalue weighted by Crippen LogP contribution is 2.21. The predicted octanol–water partition coefficient (Wildman–Crippen LogP) is 1.02. The Morgan fingerprint density at radius 3 is 2.69 bits per heavy atom. The summed E-state index contributed by atoms with van der Waals surface area (Å²) in [7, 11) is 4.14. The second-order valence-corrected chi connectivity index (χ2v) is 5.25. The van der Waals surface area contributed by atoms with Gasteiger partial charge in [0.2, 0.25) is 0 Å². The molecule has 1 N–H and O–H groups in total. The molecular weight excluding hydrogens is 182 g/mol. The minimum atomic E-state index is 0.224. The van der Waals surface area contributed by atoms with Crippen molar-refractivity contribution in [3.63, 3.8) is 0 Å². The van der Waals surface area contributed by atoms with Gasteiger partial charge in [0.15, 0.2) is 5.17 Å². The van der Waals surface area contributed by atoms with Gasteiger partial charge < -0.3 is 10.2 Å². The van der Waals surface area contributed by atoms with Crippen LogP contribution in [-0.2, 0) is 0 Å². The molecule has 0 spiro atoms. The van der Waals surface area contributed by atoms with Crippen molar-refractivity contribution in [1.29, 1.82) is 0 Å². The Morgan fingerprint density at radius 1 is 1.54 bits per heavy atom. The van der Waals surface area contributed by atoms with Crippen LogP contribution in [-0.4, -0.2) is 48.5 Å². The molecule has 0 bridgehead atoms. The topological polar surface area (TPSA) is 27.6 Å². The van der Waals surface area contributed by atoms with Gasteiger partial charge in [0, 0.05) is 17.8 Å². The summed E-state index contributed by atoms with van der Waals surface area (Å²) in [6.07, 6.45) is 0. The zero-order valence-corrected chi connectivity index (χ0v) is 9.74. The molecule has 0 aromatic heterocycles. The van der Waals surface area contributed by atoms with Gasteiger partial charge in [-0.3, -0.25) is 4.99 Å². The van der Waals surface area contributed by atoms with Crippen LogP contribution in [0.3, 0.4) is 0 Å². The number of hydrogen-bond donors (Lipinski definition) is 1. The number of nitrogens with one attached hydrogen (secondary N) is 1. The first kappa shape index (κ1) is 10.9. The van der Waals surface area contributed by atoms with Crippen LogP contribution in [0.5, 0.6) is 0 Å². The lowest BCUT2D eigenvalue weighted by Gasteiger charge is -2.15. The number of aliphatic imine (C=N–C) groups is 1. The minimum Gasteiger partial charge on any atom is -0.359 e. The highest BCUT2D eigenvalue weighted by Gasteiger charge is 2.26. The molecule has 0 saturated carbocycles. The molecular formula is C9H19N3S. The van der Waals surface area contributed by atoms with E-state index < -0.39 is 0 Å². The maximum atomic E-state index is 4.49. The summed E-state index contributed by atoms with van der Waals surface area (Å²) < 4.78 is 0. The molecule has 1 aliphatic heterocycles. The van der Waals surface area contributed by atoms with Crippen LogP contribution in [0.25, 0.3) is 0 Å². The highest BCUT2D eigenvalue weighted by molar-refractivity contribution is 8.14. The fourth-order valence-electron chi connectivity index (χ4n) is 1.05. The predicted molar refractivity (Wildman–Crippen MR) is 60.5 cm³/mol. The molecule has 0 aliphatic carbocycles. The largest absolute Gasteiger partial charge is 0.359 e. The van der Waals surface area contributed by atoms with Crippen molar-refractivity contribution in [3.8, 4) is 0 Å². The van der Waals surface area contributed by atoms with E-state index >= 15 is 0 Å². The number of amidine groups is 1. The Labute approximate surface area is 85.0 Å². The van der Waals surface area contributed by atoms with E-state index in [9.17, 15) is 0 Å². The number of hydrogen-bond acceptors (Lipinski definition) is 3. The summed E-state index contributed by atoms with van der Waals surface area (Å²) in [5.41, 5.74) is 0.224. The lowest BCUT2D eigenvalue weighted by atomic mass is 10.1. The number of thioether (sulfide) groups is 1. The van der Waals surface area contributed by atoms with Crippen molar-refractivity contribution in [1.82, 2.24) is 10.2 Å². The molecule has 0 unspecified atom stereocenters. The number of likely N-dealkylation sites (N-methyl/N-ethyl adjacent to an activating group) is 1. The number of nitrogens with zero attached hydrogens (tertiary/aromatic N) is 2. The lowest BCUT2D eigenvalue weighted by Crippen LogP contribution is -2.37. The first-order valence-electron chi connectivity index (χ1n) is 4.60. The Bertz CT molecular complexity index is 199. The molecule has 1 heterocycles. The third-order valence-electron chi connectivity index (χ3n) is 1.82. The molecule has 4 heteroatoms. The van der Waals surface area contributed by atoms with Gasteiger partial charge in [0.1, 0.15) is 0 Å². The molecule has 76 valence electrons. The van der Waals surface area contributed by atoms with E-state index in [4.69, 9.17) is 0 Å². The summed E-state index contributed by atoms with van der Waals surface area (Å²) in [5, 5.41) is 4.50. The van der Waals surface area contributed by atoms with Crippen molar-refractivity contribution in [2.75, 3.05) is 32.9 Å². The second kappa shape index (κ2) is 4.33. The van der Waals surface area contributed by atoms with E-state index in [1.807, 2.05) is 11.8 Å². The van der Waals surface area contributed by atoms with Crippen LogP contribution >= 0.6 is 11.8 Å². The van der Waals surface area contributed by atoms with E-state index in [1.54, 1.807) is 0 Å². The van der Waals surface area contributed by atoms with Gasteiger partial charge in [-0.1, -0.05) is 11.8 Å². The maximum absolute atomic E-state index is 4.49. The van der Waals surface area contributed by atoms with Gasteiger partial charge >= 0.3 is 0 Å². The molecule has 0 amide bonds. The standard InChI is InChI=1S/C9H19N3S/c1-9(2)7-13-8(11-9)10-5-6-12(3)4/h5-7H2,1-4H3,(H,10,11). The van der Waals surface area contributed by atoms with Crippen LogP contribution in [0.15, 0.2) is 4.99 Å². The SMILES string of the molecule is CN(C)CCN=C1NC(C)(C)CS1. The molecule has 0 atom stereocenters. The Kier molecular flexibility index (Phi) is 3.62.